The molecule has 0 aliphatic carbocycles. The maximum Gasteiger partial charge on any atom is 0.319 e. The molecule has 0 saturated heterocycles. The number of ether oxygens (including phenoxy) is 1. The first-order chi connectivity index (χ1) is 6.63. The number of aromatic amines is 1. The first-order valence-electron chi connectivity index (χ1n) is 4.14. The maximum absolute atomic E-state index is 11.2. The van der Waals surface area contributed by atoms with Crippen molar-refractivity contribution in [3.63, 3.8) is 0 Å². The summed E-state index contributed by atoms with van der Waals surface area (Å²) < 4.78 is 4.83. The molecule has 1 heterocycles. The van der Waals surface area contributed by atoms with Crippen LogP contribution in [0.2, 0.25) is 0 Å². The molecule has 6 nitrogen and oxygen atoms in total. The molecule has 1 aromatic heterocycles. The smallest absolute Gasteiger partial charge is 0.319 e. The average Bonchev–Trinajstić information content (AvgIpc) is 2.51. The van der Waals surface area contributed by atoms with E-state index in [1.165, 1.54) is 11.8 Å². The predicted molar refractivity (Wildman–Crippen MR) is 52.7 cm³/mol. The van der Waals surface area contributed by atoms with E-state index >= 15 is 0 Å². The minimum Gasteiger partial charge on any atom is -0.465 e. The summed E-state index contributed by atoms with van der Waals surface area (Å²) in [5.41, 5.74) is 5.33. The molecule has 1 unspecified atom stereocenters. The molecule has 0 fully saturated rings. The quantitative estimate of drug-likeness (QED) is 0.560. The van der Waals surface area contributed by atoms with Crippen molar-refractivity contribution in [2.45, 2.75) is 24.3 Å². The summed E-state index contributed by atoms with van der Waals surface area (Å²) >= 11 is 1.20. The summed E-state index contributed by atoms with van der Waals surface area (Å²) in [4.78, 5) is 15.1. The lowest BCUT2D eigenvalue weighted by Gasteiger charge is -2.06. The number of nitrogens with one attached hydrogen (secondary N) is 1. The molecule has 1 aromatic rings. The zero-order chi connectivity index (χ0) is 10.6. The number of H-pyrrole nitrogens is 1. The normalized spacial score (nSPS) is 12.4. The Morgan fingerprint density at radius 1 is 1.79 bits per heavy atom. The van der Waals surface area contributed by atoms with Crippen molar-refractivity contribution in [3.05, 3.63) is 0 Å². The molecule has 1 atom stereocenters. The van der Waals surface area contributed by atoms with E-state index in [4.69, 9.17) is 10.5 Å². The van der Waals surface area contributed by atoms with Gasteiger partial charge in [-0.3, -0.25) is 4.79 Å². The molecule has 0 aliphatic rings. The Morgan fingerprint density at radius 2 is 2.50 bits per heavy atom. The lowest BCUT2D eigenvalue weighted by Crippen LogP contribution is -2.16. The number of carbonyl (C=O) groups is 1. The van der Waals surface area contributed by atoms with E-state index in [0.29, 0.717) is 11.8 Å². The summed E-state index contributed by atoms with van der Waals surface area (Å²) in [5.74, 6) is -0.0376. The Labute approximate surface area is 85.6 Å². The van der Waals surface area contributed by atoms with E-state index < -0.39 is 0 Å². The van der Waals surface area contributed by atoms with Crippen LogP contribution in [0.3, 0.4) is 0 Å². The molecule has 0 saturated carbocycles. The number of nitrogen functional groups attached to an aromatic ring is 1. The minimum atomic E-state index is -0.329. The largest absolute Gasteiger partial charge is 0.465 e. The molecule has 1 rings (SSSR count). The van der Waals surface area contributed by atoms with Gasteiger partial charge in [-0.1, -0.05) is 11.8 Å². The Kier molecular flexibility index (Phi) is 3.75. The van der Waals surface area contributed by atoms with Crippen LogP contribution >= 0.6 is 11.8 Å². The fourth-order valence-electron chi connectivity index (χ4n) is 0.777. The second-order valence-electron chi connectivity index (χ2n) is 2.52. The SMILES string of the molecule is CCOC(=O)C(C)Sc1n[nH]c(N)n1. The monoisotopic (exact) mass is 216 g/mol. The van der Waals surface area contributed by atoms with Gasteiger partial charge in [0.1, 0.15) is 5.25 Å². The number of thioether (sulfide) groups is 1. The van der Waals surface area contributed by atoms with Crippen LogP contribution in [0.4, 0.5) is 5.95 Å². The van der Waals surface area contributed by atoms with Crippen LogP contribution in [0.1, 0.15) is 13.8 Å². The fourth-order valence-corrected chi connectivity index (χ4v) is 1.51. The summed E-state index contributed by atoms with van der Waals surface area (Å²) in [7, 11) is 0. The molecule has 3 N–H and O–H groups in total. The van der Waals surface area contributed by atoms with Gasteiger partial charge in [-0.2, -0.15) is 4.98 Å². The van der Waals surface area contributed by atoms with Gasteiger partial charge >= 0.3 is 5.97 Å². The van der Waals surface area contributed by atoms with Crippen LogP contribution < -0.4 is 5.73 Å². The van der Waals surface area contributed by atoms with Gasteiger partial charge in [-0.05, 0) is 13.8 Å². The Morgan fingerprint density at radius 3 is 3.00 bits per heavy atom. The van der Waals surface area contributed by atoms with Gasteiger partial charge in [0.15, 0.2) is 0 Å². The average molecular weight is 216 g/mol. The van der Waals surface area contributed by atoms with Crippen LogP contribution in [0.25, 0.3) is 0 Å². The number of hydrogen-bond acceptors (Lipinski definition) is 6. The molecule has 0 radical (unpaired) electrons. The summed E-state index contributed by atoms with van der Waals surface area (Å²) in [6, 6.07) is 0. The van der Waals surface area contributed by atoms with E-state index in [2.05, 4.69) is 15.2 Å². The van der Waals surface area contributed by atoms with Crippen LogP contribution in [0.5, 0.6) is 0 Å². The maximum atomic E-state index is 11.2. The number of rotatable bonds is 4. The summed E-state index contributed by atoms with van der Waals surface area (Å²) in [6.45, 7) is 3.87. The van der Waals surface area contributed by atoms with E-state index in [1.54, 1.807) is 13.8 Å². The van der Waals surface area contributed by atoms with E-state index in [-0.39, 0.29) is 17.2 Å². The van der Waals surface area contributed by atoms with E-state index in [1.807, 2.05) is 0 Å². The van der Waals surface area contributed by atoms with Crippen molar-refractivity contribution >= 4 is 23.7 Å². The van der Waals surface area contributed by atoms with Crippen molar-refractivity contribution in [3.8, 4) is 0 Å². The number of carbonyl (C=O) groups excluding carboxylic acids is 1. The van der Waals surface area contributed by atoms with E-state index in [9.17, 15) is 4.79 Å². The fraction of sp³-hybridized carbons (Fsp3) is 0.571. The second-order valence-corrected chi connectivity index (χ2v) is 3.82. The summed E-state index contributed by atoms with van der Waals surface area (Å²) in [6.07, 6.45) is 0. The Hall–Kier alpha value is -1.24. The van der Waals surface area contributed by atoms with Gasteiger partial charge < -0.3 is 10.5 Å². The predicted octanol–water partition coefficient (Wildman–Crippen LogP) is 0.431. The van der Waals surface area contributed by atoms with Crippen molar-refractivity contribution < 1.29 is 9.53 Å². The number of aromatic nitrogens is 3. The molecule has 0 amide bonds. The minimum absolute atomic E-state index is 0.239. The van der Waals surface area contributed by atoms with Crippen molar-refractivity contribution in [1.82, 2.24) is 15.2 Å². The Balaban J connectivity index is 2.48. The zero-order valence-electron chi connectivity index (χ0n) is 7.98. The highest BCUT2D eigenvalue weighted by atomic mass is 32.2. The molecule has 0 aromatic carbocycles. The third-order valence-electron chi connectivity index (χ3n) is 1.38. The lowest BCUT2D eigenvalue weighted by molar-refractivity contribution is -0.142. The van der Waals surface area contributed by atoms with Crippen molar-refractivity contribution in [2.24, 2.45) is 0 Å². The highest BCUT2D eigenvalue weighted by Gasteiger charge is 2.17. The van der Waals surface area contributed by atoms with Crippen molar-refractivity contribution in [1.29, 1.82) is 0 Å². The number of esters is 1. The lowest BCUT2D eigenvalue weighted by atomic mass is 10.5. The van der Waals surface area contributed by atoms with Gasteiger partial charge in [0.2, 0.25) is 11.1 Å². The first-order valence-corrected chi connectivity index (χ1v) is 5.02. The number of hydrogen-bond donors (Lipinski definition) is 2. The van der Waals surface area contributed by atoms with Crippen molar-refractivity contribution in [2.75, 3.05) is 12.3 Å². The molecule has 0 aliphatic heterocycles. The number of anilines is 1. The first kappa shape index (κ1) is 10.8. The van der Waals surface area contributed by atoms with E-state index in [0.717, 1.165) is 0 Å². The standard InChI is InChI=1S/C7H12N4O2S/c1-3-13-5(12)4(2)14-7-9-6(8)10-11-7/h4H,3H2,1-2H3,(H3,8,9,10,11). The van der Waals surface area contributed by atoms with Crippen LogP contribution in [-0.4, -0.2) is 33.0 Å². The topological polar surface area (TPSA) is 93.9 Å². The second kappa shape index (κ2) is 4.85. The summed E-state index contributed by atoms with van der Waals surface area (Å²) in [5, 5.41) is 6.40. The molecule has 0 bridgehead atoms. The molecule has 78 valence electrons. The van der Waals surface area contributed by atoms with Gasteiger partial charge in [0, 0.05) is 0 Å². The highest BCUT2D eigenvalue weighted by molar-refractivity contribution is 8.00. The number of nitrogens with zero attached hydrogens (tertiary/aromatic N) is 2. The third-order valence-corrected chi connectivity index (χ3v) is 2.32. The zero-order valence-corrected chi connectivity index (χ0v) is 8.80. The van der Waals surface area contributed by atoms with Gasteiger partial charge in [-0.25, -0.2) is 5.10 Å². The molecular weight excluding hydrogens is 204 g/mol. The van der Waals surface area contributed by atoms with Gasteiger partial charge in [-0.15, -0.1) is 5.10 Å². The van der Waals surface area contributed by atoms with Crippen LogP contribution in [0.15, 0.2) is 5.16 Å². The van der Waals surface area contributed by atoms with Gasteiger partial charge in [0.05, 0.1) is 6.61 Å². The molecule has 14 heavy (non-hydrogen) atoms. The highest BCUT2D eigenvalue weighted by Crippen LogP contribution is 2.20. The molecule has 7 heteroatoms. The van der Waals surface area contributed by atoms with Crippen LogP contribution in [0, 0.1) is 0 Å². The Bertz CT molecular complexity index is 314. The molecular formula is C7H12N4O2S. The third kappa shape index (κ3) is 2.91. The number of nitrogens with two attached hydrogens (primary N) is 1. The van der Waals surface area contributed by atoms with Gasteiger partial charge in [0.25, 0.3) is 0 Å². The molecule has 0 spiro atoms. The van der Waals surface area contributed by atoms with Crippen LogP contribution in [-0.2, 0) is 9.53 Å².